The van der Waals surface area contributed by atoms with Crippen molar-refractivity contribution in [2.24, 2.45) is 11.0 Å². The molecule has 1 heterocycles. The average Bonchev–Trinajstić information content (AvgIpc) is 2.77. The molecule has 1 aromatic carbocycles. The number of hydrogen-bond acceptors (Lipinski definition) is 4. The van der Waals surface area contributed by atoms with Crippen molar-refractivity contribution in [1.82, 2.24) is 5.43 Å². The van der Waals surface area contributed by atoms with E-state index in [9.17, 15) is 17.6 Å². The quantitative estimate of drug-likeness (QED) is 0.670. The molecule has 1 aliphatic rings. The van der Waals surface area contributed by atoms with Crippen LogP contribution >= 0.6 is 0 Å². The van der Waals surface area contributed by atoms with Crippen LogP contribution in [-0.4, -0.2) is 31.5 Å². The van der Waals surface area contributed by atoms with Gasteiger partial charge in [0.1, 0.15) is 5.82 Å². The molecule has 0 bridgehead atoms. The molecule has 0 unspecified atom stereocenters. The lowest BCUT2D eigenvalue weighted by atomic mass is 10.1. The normalized spacial score (nSPS) is 21.7. The van der Waals surface area contributed by atoms with Crippen molar-refractivity contribution in [3.8, 4) is 0 Å². The van der Waals surface area contributed by atoms with Crippen LogP contribution < -0.4 is 5.43 Å². The number of halogens is 1. The summed E-state index contributed by atoms with van der Waals surface area (Å²) in [7, 11) is -3.09. The number of rotatable bonds is 3. The van der Waals surface area contributed by atoms with E-state index in [2.05, 4.69) is 10.5 Å². The molecule has 0 saturated carbocycles. The first-order chi connectivity index (χ1) is 9.37. The molecule has 5 nitrogen and oxygen atoms in total. The molecule has 2 rings (SSSR count). The number of carbonyl (C=O) groups excluding carboxylic acids is 1. The number of hydrazone groups is 1. The van der Waals surface area contributed by atoms with Crippen molar-refractivity contribution < 1.29 is 17.6 Å². The van der Waals surface area contributed by atoms with E-state index in [0.717, 1.165) is 0 Å². The third kappa shape index (κ3) is 3.63. The summed E-state index contributed by atoms with van der Waals surface area (Å²) in [5.41, 5.74) is 3.58. The zero-order chi connectivity index (χ0) is 14.8. The van der Waals surface area contributed by atoms with Crippen molar-refractivity contribution in [2.75, 3.05) is 11.5 Å². The molecule has 1 aromatic rings. The largest absolute Gasteiger partial charge is 0.273 e. The third-order valence-electron chi connectivity index (χ3n) is 3.20. The first-order valence-electron chi connectivity index (χ1n) is 6.18. The summed E-state index contributed by atoms with van der Waals surface area (Å²) in [6.07, 6.45) is 0.333. The van der Waals surface area contributed by atoms with Crippen molar-refractivity contribution >= 4 is 21.5 Å². The molecule has 1 atom stereocenters. The van der Waals surface area contributed by atoms with E-state index in [4.69, 9.17) is 0 Å². The monoisotopic (exact) mass is 298 g/mol. The Hall–Kier alpha value is -1.76. The molecular formula is C13H15FN2O3S. The van der Waals surface area contributed by atoms with E-state index in [1.165, 1.54) is 12.1 Å². The summed E-state index contributed by atoms with van der Waals surface area (Å²) in [5, 5.41) is 3.92. The number of hydrogen-bond donors (Lipinski definition) is 1. The SMILES string of the molecule is C/C(=N/NC(=O)[C@H]1CCS(=O)(=O)C1)c1ccc(F)cc1. The highest BCUT2D eigenvalue weighted by atomic mass is 32.2. The van der Waals surface area contributed by atoms with Crippen LogP contribution in [0.5, 0.6) is 0 Å². The Morgan fingerprint density at radius 1 is 1.35 bits per heavy atom. The van der Waals surface area contributed by atoms with Gasteiger partial charge in [-0.25, -0.2) is 18.2 Å². The Morgan fingerprint density at radius 2 is 2.00 bits per heavy atom. The van der Waals surface area contributed by atoms with E-state index in [0.29, 0.717) is 17.7 Å². The van der Waals surface area contributed by atoms with Gasteiger partial charge in [0.25, 0.3) is 0 Å². The Morgan fingerprint density at radius 3 is 2.55 bits per heavy atom. The maximum atomic E-state index is 12.8. The fourth-order valence-electron chi connectivity index (χ4n) is 1.99. The zero-order valence-corrected chi connectivity index (χ0v) is 11.8. The lowest BCUT2D eigenvalue weighted by Gasteiger charge is -2.06. The number of benzene rings is 1. The summed E-state index contributed by atoms with van der Waals surface area (Å²) in [6.45, 7) is 1.68. The Kier molecular flexibility index (Phi) is 4.17. The molecule has 1 amide bonds. The number of nitrogens with zero attached hydrogens (tertiary/aromatic N) is 1. The van der Waals surface area contributed by atoms with E-state index in [1.54, 1.807) is 19.1 Å². The van der Waals surface area contributed by atoms with Crippen LogP contribution in [0.1, 0.15) is 18.9 Å². The van der Waals surface area contributed by atoms with E-state index < -0.39 is 21.7 Å². The second-order valence-electron chi connectivity index (χ2n) is 4.78. The van der Waals surface area contributed by atoms with Gasteiger partial charge < -0.3 is 0 Å². The van der Waals surface area contributed by atoms with Gasteiger partial charge in [-0.15, -0.1) is 0 Å². The Bertz CT molecular complexity index is 638. The van der Waals surface area contributed by atoms with Crippen LogP contribution in [0.15, 0.2) is 29.4 Å². The maximum absolute atomic E-state index is 12.8. The summed E-state index contributed by atoms with van der Waals surface area (Å²) in [5.74, 6) is -1.35. The molecular weight excluding hydrogens is 283 g/mol. The molecule has 20 heavy (non-hydrogen) atoms. The van der Waals surface area contributed by atoms with E-state index in [1.807, 2.05) is 0 Å². The summed E-state index contributed by atoms with van der Waals surface area (Å²) < 4.78 is 35.3. The molecule has 0 aliphatic carbocycles. The van der Waals surface area contributed by atoms with Gasteiger partial charge in [0.05, 0.1) is 23.1 Å². The summed E-state index contributed by atoms with van der Waals surface area (Å²) >= 11 is 0. The second kappa shape index (κ2) is 5.70. The van der Waals surface area contributed by atoms with Crippen LogP contribution in [0.3, 0.4) is 0 Å². The average molecular weight is 298 g/mol. The Balaban J connectivity index is 1.98. The predicted molar refractivity (Wildman–Crippen MR) is 73.5 cm³/mol. The lowest BCUT2D eigenvalue weighted by Crippen LogP contribution is -2.28. The predicted octanol–water partition coefficient (Wildman–Crippen LogP) is 1.10. The third-order valence-corrected chi connectivity index (χ3v) is 4.97. The van der Waals surface area contributed by atoms with Gasteiger partial charge in [0.2, 0.25) is 5.91 Å². The highest BCUT2D eigenvalue weighted by Crippen LogP contribution is 2.18. The topological polar surface area (TPSA) is 75.6 Å². The first kappa shape index (κ1) is 14.6. The van der Waals surface area contributed by atoms with Gasteiger partial charge in [-0.05, 0) is 31.0 Å². The summed E-state index contributed by atoms with van der Waals surface area (Å²) in [6, 6.07) is 5.72. The maximum Gasteiger partial charge on any atom is 0.244 e. The molecule has 1 fully saturated rings. The van der Waals surface area contributed by atoms with Crippen molar-refractivity contribution in [3.63, 3.8) is 0 Å². The fourth-order valence-corrected chi connectivity index (χ4v) is 3.73. The van der Waals surface area contributed by atoms with Gasteiger partial charge in [0.15, 0.2) is 9.84 Å². The Labute approximate surface area is 116 Å². The van der Waals surface area contributed by atoms with Crippen LogP contribution in [0, 0.1) is 11.7 Å². The minimum Gasteiger partial charge on any atom is -0.273 e. The molecule has 108 valence electrons. The van der Waals surface area contributed by atoms with Gasteiger partial charge >= 0.3 is 0 Å². The lowest BCUT2D eigenvalue weighted by molar-refractivity contribution is -0.124. The number of carbonyl (C=O) groups is 1. The molecule has 0 radical (unpaired) electrons. The second-order valence-corrected chi connectivity index (χ2v) is 7.01. The minimum atomic E-state index is -3.09. The highest BCUT2D eigenvalue weighted by molar-refractivity contribution is 7.91. The summed E-state index contributed by atoms with van der Waals surface area (Å²) in [4.78, 5) is 11.8. The van der Waals surface area contributed by atoms with E-state index >= 15 is 0 Å². The number of amides is 1. The van der Waals surface area contributed by atoms with Gasteiger partial charge in [-0.2, -0.15) is 5.10 Å². The van der Waals surface area contributed by atoms with Gasteiger partial charge in [-0.1, -0.05) is 12.1 Å². The van der Waals surface area contributed by atoms with Crippen molar-refractivity contribution in [1.29, 1.82) is 0 Å². The van der Waals surface area contributed by atoms with Crippen molar-refractivity contribution in [3.05, 3.63) is 35.6 Å². The van der Waals surface area contributed by atoms with Crippen molar-refractivity contribution in [2.45, 2.75) is 13.3 Å². The molecule has 0 aromatic heterocycles. The molecule has 7 heteroatoms. The first-order valence-corrected chi connectivity index (χ1v) is 8.00. The standard InChI is InChI=1S/C13H15FN2O3S/c1-9(10-2-4-12(14)5-3-10)15-16-13(17)11-6-7-20(18,19)8-11/h2-5,11H,6-8H2,1H3,(H,16,17)/b15-9-/t11-/m0/s1. The highest BCUT2D eigenvalue weighted by Gasteiger charge is 2.32. The molecule has 1 aliphatic heterocycles. The van der Waals surface area contributed by atoms with Crippen LogP contribution in [-0.2, 0) is 14.6 Å². The zero-order valence-electron chi connectivity index (χ0n) is 11.0. The molecule has 1 saturated heterocycles. The van der Waals surface area contributed by atoms with Crippen LogP contribution in [0.2, 0.25) is 0 Å². The minimum absolute atomic E-state index is 0.0474. The van der Waals surface area contributed by atoms with Crippen LogP contribution in [0.4, 0.5) is 4.39 Å². The van der Waals surface area contributed by atoms with E-state index in [-0.39, 0.29) is 17.3 Å². The van der Waals surface area contributed by atoms with Gasteiger partial charge in [-0.3, -0.25) is 4.79 Å². The molecule has 1 N–H and O–H groups in total. The fraction of sp³-hybridized carbons (Fsp3) is 0.385. The number of nitrogens with one attached hydrogen (secondary N) is 1. The number of sulfone groups is 1. The van der Waals surface area contributed by atoms with Crippen LogP contribution in [0.25, 0.3) is 0 Å². The molecule has 0 spiro atoms. The smallest absolute Gasteiger partial charge is 0.244 e. The van der Waals surface area contributed by atoms with Gasteiger partial charge in [0, 0.05) is 0 Å².